The number of hydrogen-bond donors (Lipinski definition) is 1. The Kier molecular flexibility index (Phi) is 5.12. The van der Waals surface area contributed by atoms with E-state index in [1.807, 2.05) is 13.8 Å². The molecule has 1 atom stereocenters. The predicted octanol–water partition coefficient (Wildman–Crippen LogP) is 2.19. The van der Waals surface area contributed by atoms with Gasteiger partial charge < -0.3 is 15.0 Å². The summed E-state index contributed by atoms with van der Waals surface area (Å²) in [5.41, 5.74) is 0.703. The SMILES string of the molecule is COc1ccc(NC(=O)C2CSCN2C(=O)C(C)C)cc1. The summed E-state index contributed by atoms with van der Waals surface area (Å²) in [6.07, 6.45) is 0. The molecule has 1 aliphatic heterocycles. The second-order valence-corrected chi connectivity index (χ2v) is 6.20. The molecule has 0 radical (unpaired) electrons. The lowest BCUT2D eigenvalue weighted by atomic mass is 10.1. The number of amides is 2. The average molecular weight is 308 g/mol. The molecule has 0 spiro atoms. The van der Waals surface area contributed by atoms with E-state index in [4.69, 9.17) is 4.74 Å². The fraction of sp³-hybridized carbons (Fsp3) is 0.467. The van der Waals surface area contributed by atoms with Crippen LogP contribution in [-0.2, 0) is 9.59 Å². The number of rotatable bonds is 4. The number of methoxy groups -OCH3 is 1. The van der Waals surface area contributed by atoms with E-state index in [1.54, 1.807) is 48.0 Å². The molecule has 1 N–H and O–H groups in total. The lowest BCUT2D eigenvalue weighted by molar-refractivity contribution is -0.138. The maximum absolute atomic E-state index is 12.4. The molecule has 0 bridgehead atoms. The third kappa shape index (κ3) is 3.69. The molecule has 1 heterocycles. The Bertz CT molecular complexity index is 516. The van der Waals surface area contributed by atoms with Crippen LogP contribution in [0.2, 0.25) is 0 Å². The first-order chi connectivity index (χ1) is 10.0. The van der Waals surface area contributed by atoms with Crippen LogP contribution in [0, 0.1) is 5.92 Å². The van der Waals surface area contributed by atoms with Crippen LogP contribution in [0.4, 0.5) is 5.69 Å². The number of nitrogens with one attached hydrogen (secondary N) is 1. The van der Waals surface area contributed by atoms with Crippen LogP contribution in [0.5, 0.6) is 5.75 Å². The van der Waals surface area contributed by atoms with Crippen molar-refractivity contribution in [1.82, 2.24) is 4.90 Å². The van der Waals surface area contributed by atoms with Gasteiger partial charge in [0.05, 0.1) is 13.0 Å². The highest BCUT2D eigenvalue weighted by Gasteiger charge is 2.35. The smallest absolute Gasteiger partial charge is 0.248 e. The Balaban J connectivity index is 2.03. The highest BCUT2D eigenvalue weighted by atomic mass is 32.2. The summed E-state index contributed by atoms with van der Waals surface area (Å²) in [6, 6.07) is 6.75. The molecular formula is C15H20N2O3S. The Morgan fingerprint density at radius 3 is 2.57 bits per heavy atom. The zero-order valence-corrected chi connectivity index (χ0v) is 13.3. The molecule has 1 aromatic carbocycles. The van der Waals surface area contributed by atoms with Crippen LogP contribution in [0.15, 0.2) is 24.3 Å². The number of ether oxygens (including phenoxy) is 1. The van der Waals surface area contributed by atoms with Crippen molar-refractivity contribution < 1.29 is 14.3 Å². The molecule has 0 saturated carbocycles. The maximum Gasteiger partial charge on any atom is 0.248 e. The fourth-order valence-electron chi connectivity index (χ4n) is 2.11. The van der Waals surface area contributed by atoms with Crippen LogP contribution in [0.1, 0.15) is 13.8 Å². The Morgan fingerprint density at radius 1 is 1.33 bits per heavy atom. The zero-order valence-electron chi connectivity index (χ0n) is 12.5. The van der Waals surface area contributed by atoms with Gasteiger partial charge in [-0.1, -0.05) is 13.8 Å². The monoisotopic (exact) mass is 308 g/mol. The van der Waals surface area contributed by atoms with Crippen LogP contribution >= 0.6 is 11.8 Å². The van der Waals surface area contributed by atoms with Gasteiger partial charge in [0.1, 0.15) is 11.8 Å². The van der Waals surface area contributed by atoms with Crippen LogP contribution in [0.25, 0.3) is 0 Å². The van der Waals surface area contributed by atoms with Gasteiger partial charge in [-0.3, -0.25) is 9.59 Å². The van der Waals surface area contributed by atoms with E-state index in [-0.39, 0.29) is 17.7 Å². The second-order valence-electron chi connectivity index (χ2n) is 5.20. The zero-order chi connectivity index (χ0) is 15.4. The summed E-state index contributed by atoms with van der Waals surface area (Å²) >= 11 is 1.61. The van der Waals surface area contributed by atoms with E-state index in [2.05, 4.69) is 5.32 Å². The fourth-order valence-corrected chi connectivity index (χ4v) is 3.27. The van der Waals surface area contributed by atoms with E-state index < -0.39 is 6.04 Å². The summed E-state index contributed by atoms with van der Waals surface area (Å²) in [7, 11) is 1.60. The minimum Gasteiger partial charge on any atom is -0.497 e. The number of carbonyl (C=O) groups excluding carboxylic acids is 2. The summed E-state index contributed by atoms with van der Waals surface area (Å²) in [5, 5.41) is 2.86. The molecule has 114 valence electrons. The molecule has 1 fully saturated rings. The van der Waals surface area contributed by atoms with E-state index in [1.165, 1.54) is 0 Å². The first-order valence-electron chi connectivity index (χ1n) is 6.86. The molecule has 2 rings (SSSR count). The number of carbonyl (C=O) groups is 2. The lowest BCUT2D eigenvalue weighted by Gasteiger charge is -2.24. The van der Waals surface area contributed by atoms with Gasteiger partial charge in [0.15, 0.2) is 0 Å². The van der Waals surface area contributed by atoms with Crippen LogP contribution < -0.4 is 10.1 Å². The summed E-state index contributed by atoms with van der Waals surface area (Å²) < 4.78 is 5.08. The topological polar surface area (TPSA) is 58.6 Å². The van der Waals surface area contributed by atoms with Gasteiger partial charge in [0.2, 0.25) is 11.8 Å². The van der Waals surface area contributed by atoms with Crippen molar-refractivity contribution in [3.63, 3.8) is 0 Å². The minimum absolute atomic E-state index is 0.0230. The molecular weight excluding hydrogens is 288 g/mol. The third-order valence-electron chi connectivity index (χ3n) is 3.32. The summed E-state index contributed by atoms with van der Waals surface area (Å²) in [5.74, 6) is 1.74. The van der Waals surface area contributed by atoms with E-state index in [0.29, 0.717) is 17.3 Å². The molecule has 6 heteroatoms. The molecule has 1 aromatic rings. The lowest BCUT2D eigenvalue weighted by Crippen LogP contribution is -2.46. The number of thioether (sulfide) groups is 1. The van der Waals surface area contributed by atoms with Crippen molar-refractivity contribution in [1.29, 1.82) is 0 Å². The summed E-state index contributed by atoms with van der Waals surface area (Å²) in [6.45, 7) is 3.70. The minimum atomic E-state index is -0.396. The van der Waals surface area contributed by atoms with E-state index in [0.717, 1.165) is 5.75 Å². The van der Waals surface area contributed by atoms with Crippen LogP contribution in [-0.4, -0.2) is 41.5 Å². The van der Waals surface area contributed by atoms with Gasteiger partial charge in [-0.25, -0.2) is 0 Å². The van der Waals surface area contributed by atoms with Gasteiger partial charge >= 0.3 is 0 Å². The van der Waals surface area contributed by atoms with Gasteiger partial charge in [-0.2, -0.15) is 0 Å². The van der Waals surface area contributed by atoms with Crippen molar-refractivity contribution in [2.24, 2.45) is 5.92 Å². The molecule has 21 heavy (non-hydrogen) atoms. The number of nitrogens with zero attached hydrogens (tertiary/aromatic N) is 1. The highest BCUT2D eigenvalue weighted by molar-refractivity contribution is 7.99. The Morgan fingerprint density at radius 2 is 2.00 bits per heavy atom. The van der Waals surface area contributed by atoms with Crippen molar-refractivity contribution >= 4 is 29.3 Å². The molecule has 1 saturated heterocycles. The van der Waals surface area contributed by atoms with Gasteiger partial charge in [-0.05, 0) is 24.3 Å². The summed E-state index contributed by atoms with van der Waals surface area (Å²) in [4.78, 5) is 26.1. The van der Waals surface area contributed by atoms with E-state index >= 15 is 0 Å². The molecule has 0 aliphatic carbocycles. The molecule has 1 aliphatic rings. The van der Waals surface area contributed by atoms with Gasteiger partial charge in [0, 0.05) is 17.4 Å². The van der Waals surface area contributed by atoms with E-state index in [9.17, 15) is 9.59 Å². The Labute approximate surface area is 129 Å². The predicted molar refractivity (Wildman–Crippen MR) is 84.4 cm³/mol. The van der Waals surface area contributed by atoms with Crippen molar-refractivity contribution in [2.75, 3.05) is 24.1 Å². The van der Waals surface area contributed by atoms with Gasteiger partial charge in [0.25, 0.3) is 0 Å². The average Bonchev–Trinajstić information content (AvgIpc) is 2.96. The largest absolute Gasteiger partial charge is 0.497 e. The maximum atomic E-state index is 12.4. The quantitative estimate of drug-likeness (QED) is 0.926. The number of benzene rings is 1. The standard InChI is InChI=1S/C15H20N2O3S/c1-10(2)15(19)17-9-21-8-13(17)14(18)16-11-4-6-12(20-3)7-5-11/h4-7,10,13H,8-9H2,1-3H3,(H,16,18). The third-order valence-corrected chi connectivity index (χ3v) is 4.33. The second kappa shape index (κ2) is 6.85. The molecule has 1 unspecified atom stereocenters. The number of anilines is 1. The molecule has 0 aromatic heterocycles. The molecule has 2 amide bonds. The number of hydrogen-bond acceptors (Lipinski definition) is 4. The van der Waals surface area contributed by atoms with Crippen molar-refractivity contribution in [3.8, 4) is 5.75 Å². The van der Waals surface area contributed by atoms with Crippen molar-refractivity contribution in [3.05, 3.63) is 24.3 Å². The van der Waals surface area contributed by atoms with Crippen LogP contribution in [0.3, 0.4) is 0 Å². The highest BCUT2D eigenvalue weighted by Crippen LogP contribution is 2.24. The normalized spacial score (nSPS) is 17.9. The first kappa shape index (κ1) is 15.7. The van der Waals surface area contributed by atoms with Gasteiger partial charge in [-0.15, -0.1) is 11.8 Å². The Hall–Kier alpha value is -1.69. The molecule has 5 nitrogen and oxygen atoms in total. The van der Waals surface area contributed by atoms with Crippen molar-refractivity contribution in [2.45, 2.75) is 19.9 Å². The first-order valence-corrected chi connectivity index (χ1v) is 8.01.